The third-order valence-corrected chi connectivity index (χ3v) is 4.08. The molecule has 2 aromatic rings. The lowest BCUT2D eigenvalue weighted by Gasteiger charge is -2.15. The van der Waals surface area contributed by atoms with Crippen LogP contribution in [0.3, 0.4) is 0 Å². The van der Waals surface area contributed by atoms with Crippen LogP contribution >= 0.6 is 15.9 Å². The van der Waals surface area contributed by atoms with E-state index in [1.807, 2.05) is 6.07 Å². The number of aryl methyl sites for hydroxylation is 1. The summed E-state index contributed by atoms with van der Waals surface area (Å²) in [4.78, 5) is 0. The summed E-state index contributed by atoms with van der Waals surface area (Å²) in [5.41, 5.74) is 3.03. The first-order valence-corrected chi connectivity index (χ1v) is 7.34. The monoisotopic (exact) mass is 332 g/mol. The van der Waals surface area contributed by atoms with Crippen molar-refractivity contribution in [2.75, 3.05) is 0 Å². The summed E-state index contributed by atoms with van der Waals surface area (Å²) in [6.07, 6.45) is 2.06. The van der Waals surface area contributed by atoms with E-state index < -0.39 is 7.12 Å². The average molecular weight is 333 g/mol. The Morgan fingerprint density at radius 1 is 1.10 bits per heavy atom. The number of rotatable bonds is 3. The van der Waals surface area contributed by atoms with E-state index in [1.165, 1.54) is 11.1 Å². The molecular weight excluding hydrogens is 319 g/mol. The molecule has 0 fully saturated rings. The van der Waals surface area contributed by atoms with Gasteiger partial charge in [-0.25, -0.2) is 0 Å². The molecule has 3 rings (SSSR count). The molecule has 2 N–H and O–H groups in total. The molecule has 0 radical (unpaired) electrons. The van der Waals surface area contributed by atoms with Gasteiger partial charge in [-0.05, 0) is 53.7 Å². The van der Waals surface area contributed by atoms with E-state index in [-0.39, 0.29) is 6.10 Å². The van der Waals surface area contributed by atoms with Crippen molar-refractivity contribution in [1.29, 1.82) is 0 Å². The molecule has 0 amide bonds. The molecule has 1 aliphatic rings. The van der Waals surface area contributed by atoms with Crippen LogP contribution in [0.5, 0.6) is 5.75 Å². The van der Waals surface area contributed by atoms with Crippen LogP contribution in [0.4, 0.5) is 0 Å². The Bertz CT molecular complexity index is 613. The van der Waals surface area contributed by atoms with Crippen molar-refractivity contribution in [3.63, 3.8) is 0 Å². The van der Waals surface area contributed by atoms with Gasteiger partial charge in [0.25, 0.3) is 0 Å². The van der Waals surface area contributed by atoms with Crippen LogP contribution in [-0.2, 0) is 6.42 Å². The third kappa shape index (κ3) is 2.75. The molecule has 5 heteroatoms. The van der Waals surface area contributed by atoms with Crippen molar-refractivity contribution in [1.82, 2.24) is 0 Å². The zero-order valence-electron chi connectivity index (χ0n) is 10.8. The summed E-state index contributed by atoms with van der Waals surface area (Å²) in [5, 5.41) is 18.1. The van der Waals surface area contributed by atoms with E-state index >= 15 is 0 Å². The van der Waals surface area contributed by atoms with E-state index in [0.29, 0.717) is 5.46 Å². The average Bonchev–Trinajstić information content (AvgIpc) is 2.81. The van der Waals surface area contributed by atoms with Crippen molar-refractivity contribution in [3.05, 3.63) is 58.1 Å². The molecule has 0 aromatic heterocycles. The van der Waals surface area contributed by atoms with E-state index in [4.69, 9.17) is 14.8 Å². The molecule has 0 bridgehead atoms. The van der Waals surface area contributed by atoms with E-state index in [1.54, 1.807) is 24.3 Å². The van der Waals surface area contributed by atoms with Gasteiger partial charge in [0.2, 0.25) is 0 Å². The summed E-state index contributed by atoms with van der Waals surface area (Å²) in [5.74, 6) is 0.746. The summed E-state index contributed by atoms with van der Waals surface area (Å²) in [6, 6.07) is 13.1. The lowest BCUT2D eigenvalue weighted by atomic mass is 9.80. The van der Waals surface area contributed by atoms with Crippen LogP contribution in [0.2, 0.25) is 0 Å². The van der Waals surface area contributed by atoms with Gasteiger partial charge in [-0.3, -0.25) is 0 Å². The molecule has 2 aromatic carbocycles. The second kappa shape index (κ2) is 5.60. The minimum atomic E-state index is -1.44. The maximum atomic E-state index is 9.07. The van der Waals surface area contributed by atoms with Gasteiger partial charge in [0.15, 0.2) is 0 Å². The second-order valence-electron chi connectivity index (χ2n) is 4.93. The summed E-state index contributed by atoms with van der Waals surface area (Å²) in [6.45, 7) is 0. The highest BCUT2D eigenvalue weighted by Gasteiger charge is 2.24. The van der Waals surface area contributed by atoms with Gasteiger partial charge in [-0.1, -0.05) is 34.1 Å². The van der Waals surface area contributed by atoms with Crippen LogP contribution in [0, 0.1) is 0 Å². The van der Waals surface area contributed by atoms with Crippen LogP contribution in [0.25, 0.3) is 0 Å². The molecule has 1 atom stereocenters. The van der Waals surface area contributed by atoms with Crippen molar-refractivity contribution in [2.24, 2.45) is 0 Å². The zero-order chi connectivity index (χ0) is 14.1. The predicted molar refractivity (Wildman–Crippen MR) is 82.1 cm³/mol. The molecule has 0 saturated heterocycles. The summed E-state index contributed by atoms with van der Waals surface area (Å²) < 4.78 is 7.09. The molecule has 0 heterocycles. The Morgan fingerprint density at radius 2 is 1.85 bits per heavy atom. The zero-order valence-corrected chi connectivity index (χ0v) is 12.4. The topological polar surface area (TPSA) is 49.7 Å². The standard InChI is InChI=1S/C15H14BBrO3/c17-12-4-7-14-10(9-12)1-8-15(14)20-13-5-2-11(3-6-13)16(18)19/h2-7,9,15,18-19H,1,8H2. The van der Waals surface area contributed by atoms with Gasteiger partial charge < -0.3 is 14.8 Å². The maximum Gasteiger partial charge on any atom is 0.488 e. The molecule has 0 spiro atoms. The van der Waals surface area contributed by atoms with Gasteiger partial charge in [0.05, 0.1) is 0 Å². The quantitative estimate of drug-likeness (QED) is 0.847. The van der Waals surface area contributed by atoms with Gasteiger partial charge in [0, 0.05) is 4.47 Å². The lowest BCUT2D eigenvalue weighted by Crippen LogP contribution is -2.29. The van der Waals surface area contributed by atoms with Gasteiger partial charge in [-0.15, -0.1) is 0 Å². The van der Waals surface area contributed by atoms with E-state index in [0.717, 1.165) is 23.1 Å². The fraction of sp³-hybridized carbons (Fsp3) is 0.200. The lowest BCUT2D eigenvalue weighted by molar-refractivity contribution is 0.207. The van der Waals surface area contributed by atoms with Crippen LogP contribution in [0.1, 0.15) is 23.7 Å². The minimum Gasteiger partial charge on any atom is -0.486 e. The number of fused-ring (bicyclic) bond motifs is 1. The molecule has 1 aliphatic carbocycles. The van der Waals surface area contributed by atoms with E-state index in [2.05, 4.69) is 28.1 Å². The van der Waals surface area contributed by atoms with Crippen LogP contribution in [0.15, 0.2) is 46.9 Å². The Hall–Kier alpha value is -1.30. The number of halogens is 1. The van der Waals surface area contributed by atoms with Crippen molar-refractivity contribution < 1.29 is 14.8 Å². The molecular formula is C15H14BBrO3. The number of hydrogen-bond donors (Lipinski definition) is 2. The molecule has 3 nitrogen and oxygen atoms in total. The summed E-state index contributed by atoms with van der Waals surface area (Å²) in [7, 11) is -1.44. The highest BCUT2D eigenvalue weighted by molar-refractivity contribution is 9.10. The molecule has 0 aliphatic heterocycles. The fourth-order valence-corrected chi connectivity index (χ4v) is 2.96. The molecule has 102 valence electrons. The van der Waals surface area contributed by atoms with E-state index in [9.17, 15) is 0 Å². The third-order valence-electron chi connectivity index (χ3n) is 3.58. The van der Waals surface area contributed by atoms with Crippen LogP contribution < -0.4 is 10.2 Å². The highest BCUT2D eigenvalue weighted by Crippen LogP contribution is 2.36. The minimum absolute atomic E-state index is 0.0722. The van der Waals surface area contributed by atoms with Crippen molar-refractivity contribution in [3.8, 4) is 5.75 Å². The normalized spacial score (nSPS) is 16.9. The Balaban J connectivity index is 1.77. The number of hydrogen-bond acceptors (Lipinski definition) is 3. The number of ether oxygens (including phenoxy) is 1. The second-order valence-corrected chi connectivity index (χ2v) is 5.85. The highest BCUT2D eigenvalue weighted by atomic mass is 79.9. The maximum absolute atomic E-state index is 9.07. The fourth-order valence-electron chi connectivity index (χ4n) is 2.55. The first-order chi connectivity index (χ1) is 9.63. The van der Waals surface area contributed by atoms with Crippen molar-refractivity contribution in [2.45, 2.75) is 18.9 Å². The largest absolute Gasteiger partial charge is 0.488 e. The molecule has 1 unspecified atom stereocenters. The van der Waals surface area contributed by atoms with Gasteiger partial charge in [-0.2, -0.15) is 0 Å². The van der Waals surface area contributed by atoms with Gasteiger partial charge >= 0.3 is 7.12 Å². The van der Waals surface area contributed by atoms with Gasteiger partial charge in [0.1, 0.15) is 11.9 Å². The summed E-state index contributed by atoms with van der Waals surface area (Å²) >= 11 is 3.48. The molecule has 0 saturated carbocycles. The number of benzene rings is 2. The smallest absolute Gasteiger partial charge is 0.486 e. The Morgan fingerprint density at radius 3 is 2.55 bits per heavy atom. The Labute approximate surface area is 126 Å². The first-order valence-electron chi connectivity index (χ1n) is 6.54. The SMILES string of the molecule is OB(O)c1ccc(OC2CCc3cc(Br)ccc32)cc1. The molecule has 20 heavy (non-hydrogen) atoms. The van der Waals surface area contributed by atoms with Crippen molar-refractivity contribution >= 4 is 28.5 Å². The van der Waals surface area contributed by atoms with Crippen LogP contribution in [-0.4, -0.2) is 17.2 Å². The first kappa shape index (κ1) is 13.7. The Kier molecular flexibility index (Phi) is 3.83. The predicted octanol–water partition coefficient (Wildman–Crippen LogP) is 2.20.